The van der Waals surface area contributed by atoms with Gasteiger partial charge in [0, 0.05) is 23.1 Å². The number of nitrogens with two attached hydrogens (primary N) is 1. The van der Waals surface area contributed by atoms with E-state index >= 15 is 0 Å². The maximum absolute atomic E-state index is 5.86. The Bertz CT molecular complexity index is 210. The van der Waals surface area contributed by atoms with E-state index < -0.39 is 0 Å². The van der Waals surface area contributed by atoms with Crippen LogP contribution < -0.4 is 5.73 Å². The van der Waals surface area contributed by atoms with Crippen LogP contribution in [0.5, 0.6) is 0 Å². The third kappa shape index (κ3) is 2.07. The number of nitrogens with zero attached hydrogens (tertiary/aromatic N) is 1. The van der Waals surface area contributed by atoms with Gasteiger partial charge in [-0.1, -0.05) is 15.9 Å². The maximum atomic E-state index is 5.86. The molecule has 1 unspecified atom stereocenters. The Balaban J connectivity index is 2.84. The van der Waals surface area contributed by atoms with Crippen molar-refractivity contribution in [1.82, 2.24) is 4.90 Å². The highest BCUT2D eigenvalue weighted by Crippen LogP contribution is 2.21. The van der Waals surface area contributed by atoms with Crippen molar-refractivity contribution < 1.29 is 0 Å². The molecule has 2 N–H and O–H groups in total. The summed E-state index contributed by atoms with van der Waals surface area (Å²) in [5, 5.41) is 0.821. The van der Waals surface area contributed by atoms with Crippen molar-refractivity contribution in [3.05, 3.63) is 22.3 Å². The summed E-state index contributed by atoms with van der Waals surface area (Å²) in [4.78, 5) is 1.97. The zero-order valence-corrected chi connectivity index (χ0v) is 9.39. The Morgan fingerprint density at radius 2 is 2.36 bits per heavy atom. The van der Waals surface area contributed by atoms with Crippen LogP contribution >= 0.6 is 31.9 Å². The van der Waals surface area contributed by atoms with Gasteiger partial charge < -0.3 is 10.6 Å². The highest BCUT2D eigenvalue weighted by molar-refractivity contribution is 9.12. The minimum Gasteiger partial charge on any atom is -0.361 e. The molecule has 62 valence electrons. The van der Waals surface area contributed by atoms with Gasteiger partial charge in [-0.25, -0.2) is 0 Å². The highest BCUT2D eigenvalue weighted by atomic mass is 79.9. The summed E-state index contributed by atoms with van der Waals surface area (Å²) in [5.41, 5.74) is 7.04. The third-order valence-corrected chi connectivity index (χ3v) is 2.70. The first-order valence-corrected chi connectivity index (χ1v) is 5.18. The molecule has 0 bridgehead atoms. The van der Waals surface area contributed by atoms with E-state index in [1.54, 1.807) is 0 Å². The van der Waals surface area contributed by atoms with Crippen LogP contribution in [0.15, 0.2) is 22.3 Å². The summed E-state index contributed by atoms with van der Waals surface area (Å²) in [6.45, 7) is 0. The Kier molecular flexibility index (Phi) is 3.16. The molecular formula is C7H10Br2N2. The zero-order chi connectivity index (χ0) is 8.43. The van der Waals surface area contributed by atoms with Crippen molar-refractivity contribution in [2.24, 2.45) is 5.73 Å². The number of alkyl halides is 1. The summed E-state index contributed by atoms with van der Waals surface area (Å²) in [5.74, 6) is 0. The van der Waals surface area contributed by atoms with E-state index in [1.165, 1.54) is 5.57 Å². The SMILES string of the molecule is CN1C=C(Br)C=C(CBr)C1N. The van der Waals surface area contributed by atoms with Gasteiger partial charge in [-0.2, -0.15) is 0 Å². The predicted molar refractivity (Wildman–Crippen MR) is 54.6 cm³/mol. The number of likely N-dealkylation sites (N-methyl/N-ethyl adjacent to an activating group) is 1. The highest BCUT2D eigenvalue weighted by Gasteiger charge is 2.15. The summed E-state index contributed by atoms with van der Waals surface area (Å²) in [7, 11) is 1.96. The summed E-state index contributed by atoms with van der Waals surface area (Å²) >= 11 is 6.79. The molecule has 0 aliphatic carbocycles. The van der Waals surface area contributed by atoms with Gasteiger partial charge >= 0.3 is 0 Å². The lowest BCUT2D eigenvalue weighted by molar-refractivity contribution is 0.373. The maximum Gasteiger partial charge on any atom is 0.0995 e. The largest absolute Gasteiger partial charge is 0.361 e. The quantitative estimate of drug-likeness (QED) is 0.743. The lowest BCUT2D eigenvalue weighted by Gasteiger charge is -2.28. The molecule has 0 saturated carbocycles. The van der Waals surface area contributed by atoms with Crippen molar-refractivity contribution in [2.75, 3.05) is 12.4 Å². The molecule has 0 aromatic rings. The van der Waals surface area contributed by atoms with Crippen molar-refractivity contribution in [1.29, 1.82) is 0 Å². The average Bonchev–Trinajstić information content (AvgIpc) is 1.96. The molecule has 0 radical (unpaired) electrons. The molecule has 0 amide bonds. The van der Waals surface area contributed by atoms with Crippen molar-refractivity contribution in [3.8, 4) is 0 Å². The molecule has 1 atom stereocenters. The molecule has 0 aromatic carbocycles. The van der Waals surface area contributed by atoms with Gasteiger partial charge in [-0.3, -0.25) is 0 Å². The minimum atomic E-state index is 0.00988. The van der Waals surface area contributed by atoms with E-state index in [0.717, 1.165) is 9.81 Å². The van der Waals surface area contributed by atoms with Crippen LogP contribution in [0.3, 0.4) is 0 Å². The molecular weight excluding hydrogens is 272 g/mol. The Morgan fingerprint density at radius 3 is 2.91 bits per heavy atom. The Hall–Kier alpha value is 0.200. The summed E-state index contributed by atoms with van der Waals surface area (Å²) in [6, 6.07) is 0. The predicted octanol–water partition coefficient (Wildman–Crippen LogP) is 1.77. The lowest BCUT2D eigenvalue weighted by Crippen LogP contribution is -2.39. The average molecular weight is 282 g/mol. The number of hydrogen-bond donors (Lipinski definition) is 1. The van der Waals surface area contributed by atoms with Gasteiger partial charge in [0.2, 0.25) is 0 Å². The number of halogens is 2. The van der Waals surface area contributed by atoms with Gasteiger partial charge in [0.15, 0.2) is 0 Å². The normalized spacial score (nSPS) is 24.7. The van der Waals surface area contributed by atoms with Gasteiger partial charge in [0.1, 0.15) is 0 Å². The van der Waals surface area contributed by atoms with Crippen LogP contribution in [0.1, 0.15) is 0 Å². The fourth-order valence-corrected chi connectivity index (χ4v) is 2.06. The van der Waals surface area contributed by atoms with Crippen LogP contribution in [0.2, 0.25) is 0 Å². The number of rotatable bonds is 1. The smallest absolute Gasteiger partial charge is 0.0995 e. The first-order valence-electron chi connectivity index (χ1n) is 3.26. The van der Waals surface area contributed by atoms with Crippen LogP contribution in [0.25, 0.3) is 0 Å². The Morgan fingerprint density at radius 1 is 1.73 bits per heavy atom. The standard InChI is InChI=1S/C7H10Br2N2/c1-11-4-6(9)2-5(3-8)7(11)10/h2,4,7H,3,10H2,1H3. The van der Waals surface area contributed by atoms with Crippen LogP contribution in [-0.2, 0) is 0 Å². The molecule has 11 heavy (non-hydrogen) atoms. The Labute approximate surface area is 83.4 Å². The second-order valence-corrected chi connectivity index (χ2v) is 3.95. The molecule has 1 aliphatic rings. The van der Waals surface area contributed by atoms with E-state index in [4.69, 9.17) is 5.73 Å². The molecule has 1 heterocycles. The fourth-order valence-electron chi connectivity index (χ4n) is 0.954. The second kappa shape index (κ2) is 3.74. The molecule has 1 aliphatic heterocycles. The first-order chi connectivity index (χ1) is 5.15. The van der Waals surface area contributed by atoms with E-state index in [1.807, 2.05) is 24.2 Å². The van der Waals surface area contributed by atoms with Crippen molar-refractivity contribution >= 4 is 31.9 Å². The fraction of sp³-hybridized carbons (Fsp3) is 0.429. The van der Waals surface area contributed by atoms with Gasteiger partial charge in [-0.05, 0) is 27.6 Å². The van der Waals surface area contributed by atoms with Crippen LogP contribution in [-0.4, -0.2) is 23.4 Å². The van der Waals surface area contributed by atoms with Crippen molar-refractivity contribution in [2.45, 2.75) is 6.17 Å². The minimum absolute atomic E-state index is 0.00988. The third-order valence-electron chi connectivity index (χ3n) is 1.62. The first kappa shape index (κ1) is 9.29. The van der Waals surface area contributed by atoms with Gasteiger partial charge in [-0.15, -0.1) is 0 Å². The lowest BCUT2D eigenvalue weighted by atomic mass is 10.2. The van der Waals surface area contributed by atoms with E-state index in [9.17, 15) is 0 Å². The topological polar surface area (TPSA) is 29.3 Å². The molecule has 4 heteroatoms. The molecule has 0 fully saturated rings. The number of hydrogen-bond acceptors (Lipinski definition) is 2. The monoisotopic (exact) mass is 280 g/mol. The van der Waals surface area contributed by atoms with E-state index in [-0.39, 0.29) is 6.17 Å². The summed E-state index contributed by atoms with van der Waals surface area (Å²) in [6.07, 6.45) is 4.02. The van der Waals surface area contributed by atoms with Crippen LogP contribution in [0, 0.1) is 0 Å². The molecule has 2 nitrogen and oxygen atoms in total. The van der Waals surface area contributed by atoms with Crippen molar-refractivity contribution in [3.63, 3.8) is 0 Å². The second-order valence-electron chi connectivity index (χ2n) is 2.48. The number of allylic oxidation sites excluding steroid dienone is 2. The van der Waals surface area contributed by atoms with Crippen LogP contribution in [0.4, 0.5) is 0 Å². The molecule has 0 spiro atoms. The summed E-state index contributed by atoms with van der Waals surface area (Å²) < 4.78 is 1.07. The van der Waals surface area contributed by atoms with E-state index in [0.29, 0.717) is 0 Å². The van der Waals surface area contributed by atoms with E-state index in [2.05, 4.69) is 31.9 Å². The molecule has 0 saturated heterocycles. The molecule has 0 aromatic heterocycles. The van der Waals surface area contributed by atoms with Gasteiger partial charge in [0.05, 0.1) is 6.17 Å². The van der Waals surface area contributed by atoms with Gasteiger partial charge in [0.25, 0.3) is 0 Å². The zero-order valence-electron chi connectivity index (χ0n) is 6.22. The molecule has 1 rings (SSSR count).